The summed E-state index contributed by atoms with van der Waals surface area (Å²) >= 11 is 0. The number of para-hydroxylation sites is 1. The van der Waals surface area contributed by atoms with E-state index in [9.17, 15) is 4.79 Å². The average Bonchev–Trinajstić information content (AvgIpc) is 2.97. The Morgan fingerprint density at radius 2 is 2.10 bits per heavy atom. The first-order chi connectivity index (χ1) is 10.3. The number of hydrogen-bond acceptors (Lipinski definition) is 4. The van der Waals surface area contributed by atoms with Gasteiger partial charge < -0.3 is 10.6 Å². The van der Waals surface area contributed by atoms with Crippen LogP contribution in [0.1, 0.15) is 30.3 Å². The van der Waals surface area contributed by atoms with E-state index in [0.717, 1.165) is 18.5 Å². The standard InChI is InChI=1S/C15H21N5O/c1-2-3-10-20(13-7-5-4-6-8-13)15(21)14-12-19(11-9-16)18-17-14/h4-8,12H,2-3,9-11,16H2,1H3. The molecule has 1 heterocycles. The highest BCUT2D eigenvalue weighted by molar-refractivity contribution is 6.04. The molecule has 0 fully saturated rings. The molecule has 1 aromatic heterocycles. The molecule has 21 heavy (non-hydrogen) atoms. The monoisotopic (exact) mass is 287 g/mol. The number of carbonyl (C=O) groups excluding carboxylic acids is 1. The topological polar surface area (TPSA) is 77.0 Å². The highest BCUT2D eigenvalue weighted by atomic mass is 16.2. The van der Waals surface area contributed by atoms with Crippen molar-refractivity contribution in [3.8, 4) is 0 Å². The van der Waals surface area contributed by atoms with Crippen molar-refractivity contribution in [2.75, 3.05) is 18.0 Å². The van der Waals surface area contributed by atoms with E-state index in [4.69, 9.17) is 5.73 Å². The second kappa shape index (κ2) is 7.54. The van der Waals surface area contributed by atoms with Crippen LogP contribution in [-0.2, 0) is 6.54 Å². The number of hydrogen-bond donors (Lipinski definition) is 1. The van der Waals surface area contributed by atoms with Crippen LogP contribution in [0.15, 0.2) is 36.5 Å². The summed E-state index contributed by atoms with van der Waals surface area (Å²) < 4.78 is 1.59. The number of carbonyl (C=O) groups is 1. The number of amides is 1. The summed E-state index contributed by atoms with van der Waals surface area (Å²) in [7, 11) is 0. The minimum absolute atomic E-state index is 0.127. The van der Waals surface area contributed by atoms with Gasteiger partial charge in [0.05, 0.1) is 12.7 Å². The fourth-order valence-electron chi connectivity index (χ4n) is 2.05. The number of nitrogens with two attached hydrogens (primary N) is 1. The van der Waals surface area contributed by atoms with Crippen molar-refractivity contribution in [3.63, 3.8) is 0 Å². The maximum atomic E-state index is 12.6. The van der Waals surface area contributed by atoms with Crippen LogP contribution in [0.2, 0.25) is 0 Å². The fraction of sp³-hybridized carbons (Fsp3) is 0.400. The molecular formula is C15H21N5O. The van der Waals surface area contributed by atoms with Gasteiger partial charge in [-0.05, 0) is 18.6 Å². The Labute approximate surface area is 124 Å². The van der Waals surface area contributed by atoms with Crippen LogP contribution in [0.4, 0.5) is 5.69 Å². The summed E-state index contributed by atoms with van der Waals surface area (Å²) in [4.78, 5) is 14.4. The van der Waals surface area contributed by atoms with E-state index in [1.54, 1.807) is 15.8 Å². The number of benzene rings is 1. The molecule has 0 bridgehead atoms. The van der Waals surface area contributed by atoms with E-state index in [1.165, 1.54) is 0 Å². The Morgan fingerprint density at radius 3 is 2.76 bits per heavy atom. The van der Waals surface area contributed by atoms with Gasteiger partial charge in [0.1, 0.15) is 0 Å². The fourth-order valence-corrected chi connectivity index (χ4v) is 2.05. The van der Waals surface area contributed by atoms with Crippen LogP contribution < -0.4 is 10.6 Å². The summed E-state index contributed by atoms with van der Waals surface area (Å²) in [5, 5.41) is 7.88. The zero-order valence-electron chi connectivity index (χ0n) is 12.3. The third-order valence-electron chi connectivity index (χ3n) is 3.16. The van der Waals surface area contributed by atoms with Gasteiger partial charge in [0.25, 0.3) is 5.91 Å². The van der Waals surface area contributed by atoms with E-state index >= 15 is 0 Å². The van der Waals surface area contributed by atoms with Crippen LogP contribution in [0.25, 0.3) is 0 Å². The normalized spacial score (nSPS) is 10.6. The van der Waals surface area contributed by atoms with Crippen molar-refractivity contribution in [2.45, 2.75) is 26.3 Å². The zero-order chi connectivity index (χ0) is 15.1. The molecule has 1 amide bonds. The molecule has 6 heteroatoms. The lowest BCUT2D eigenvalue weighted by Crippen LogP contribution is -2.32. The predicted molar refractivity (Wildman–Crippen MR) is 82.1 cm³/mol. The van der Waals surface area contributed by atoms with Crippen LogP contribution >= 0.6 is 0 Å². The number of anilines is 1. The molecule has 1 aromatic carbocycles. The van der Waals surface area contributed by atoms with E-state index < -0.39 is 0 Å². The first-order valence-electron chi connectivity index (χ1n) is 7.23. The van der Waals surface area contributed by atoms with Gasteiger partial charge in [0.2, 0.25) is 0 Å². The Kier molecular flexibility index (Phi) is 5.45. The lowest BCUT2D eigenvalue weighted by atomic mass is 10.2. The van der Waals surface area contributed by atoms with Gasteiger partial charge in [0.15, 0.2) is 5.69 Å². The number of aromatic nitrogens is 3. The van der Waals surface area contributed by atoms with Crippen molar-refractivity contribution in [1.29, 1.82) is 0 Å². The molecule has 6 nitrogen and oxygen atoms in total. The van der Waals surface area contributed by atoms with Crippen LogP contribution in [0, 0.1) is 0 Å². The first kappa shape index (κ1) is 15.2. The van der Waals surface area contributed by atoms with Gasteiger partial charge in [-0.1, -0.05) is 36.8 Å². The third kappa shape index (κ3) is 3.88. The van der Waals surface area contributed by atoms with Gasteiger partial charge in [-0.2, -0.15) is 0 Å². The molecule has 2 aromatic rings. The molecule has 0 radical (unpaired) electrons. The molecular weight excluding hydrogens is 266 g/mol. The third-order valence-corrected chi connectivity index (χ3v) is 3.16. The van der Waals surface area contributed by atoms with E-state index in [0.29, 0.717) is 25.3 Å². The van der Waals surface area contributed by atoms with Gasteiger partial charge in [-0.3, -0.25) is 9.48 Å². The quantitative estimate of drug-likeness (QED) is 0.840. The largest absolute Gasteiger partial charge is 0.329 e. The smallest absolute Gasteiger partial charge is 0.280 e. The van der Waals surface area contributed by atoms with Crippen LogP contribution in [0.3, 0.4) is 0 Å². The molecule has 2 rings (SSSR count). The molecule has 0 aliphatic rings. The highest BCUT2D eigenvalue weighted by Crippen LogP contribution is 2.16. The van der Waals surface area contributed by atoms with Crippen molar-refractivity contribution in [2.24, 2.45) is 5.73 Å². The zero-order valence-corrected chi connectivity index (χ0v) is 12.3. The second-order valence-electron chi connectivity index (χ2n) is 4.80. The summed E-state index contributed by atoms with van der Waals surface area (Å²) in [5.41, 5.74) is 6.71. The van der Waals surface area contributed by atoms with E-state index in [2.05, 4.69) is 17.2 Å². The average molecular weight is 287 g/mol. The molecule has 0 saturated carbocycles. The van der Waals surface area contributed by atoms with Gasteiger partial charge in [-0.15, -0.1) is 5.10 Å². The summed E-state index contributed by atoms with van der Waals surface area (Å²) in [6.07, 6.45) is 3.62. The van der Waals surface area contributed by atoms with Crippen LogP contribution in [-0.4, -0.2) is 34.0 Å². The minimum atomic E-state index is -0.127. The molecule has 0 aliphatic heterocycles. The SMILES string of the molecule is CCCCN(C(=O)c1cn(CCN)nn1)c1ccccc1. The van der Waals surface area contributed by atoms with Crippen molar-refractivity contribution in [1.82, 2.24) is 15.0 Å². The molecule has 0 saturated heterocycles. The lowest BCUT2D eigenvalue weighted by molar-refractivity contribution is 0.0981. The summed E-state index contributed by atoms with van der Waals surface area (Å²) in [6, 6.07) is 9.64. The lowest BCUT2D eigenvalue weighted by Gasteiger charge is -2.21. The maximum absolute atomic E-state index is 12.6. The van der Waals surface area contributed by atoms with Gasteiger partial charge >= 0.3 is 0 Å². The maximum Gasteiger partial charge on any atom is 0.280 e. The van der Waals surface area contributed by atoms with Crippen molar-refractivity contribution in [3.05, 3.63) is 42.2 Å². The number of nitrogens with zero attached hydrogens (tertiary/aromatic N) is 4. The van der Waals surface area contributed by atoms with Gasteiger partial charge in [0, 0.05) is 18.8 Å². The van der Waals surface area contributed by atoms with Crippen LogP contribution in [0.5, 0.6) is 0 Å². The highest BCUT2D eigenvalue weighted by Gasteiger charge is 2.20. The Hall–Kier alpha value is -2.21. The van der Waals surface area contributed by atoms with Gasteiger partial charge in [-0.25, -0.2) is 0 Å². The first-order valence-corrected chi connectivity index (χ1v) is 7.23. The minimum Gasteiger partial charge on any atom is -0.329 e. The predicted octanol–water partition coefficient (Wildman–Crippen LogP) is 1.68. The molecule has 112 valence electrons. The van der Waals surface area contributed by atoms with Crippen molar-refractivity contribution >= 4 is 11.6 Å². The van der Waals surface area contributed by atoms with Crippen molar-refractivity contribution < 1.29 is 4.79 Å². The number of rotatable bonds is 7. The van der Waals surface area contributed by atoms with E-state index in [-0.39, 0.29) is 5.91 Å². The Morgan fingerprint density at radius 1 is 1.33 bits per heavy atom. The molecule has 0 spiro atoms. The summed E-state index contributed by atoms with van der Waals surface area (Å²) in [6.45, 7) is 3.80. The van der Waals surface area contributed by atoms with E-state index in [1.807, 2.05) is 30.3 Å². The molecule has 0 aliphatic carbocycles. The number of unbranched alkanes of at least 4 members (excludes halogenated alkanes) is 1. The molecule has 0 unspecified atom stereocenters. The molecule has 0 atom stereocenters. The Balaban J connectivity index is 2.20. The Bertz CT molecular complexity index is 566. The summed E-state index contributed by atoms with van der Waals surface area (Å²) in [5.74, 6) is -0.127. The second-order valence-corrected chi connectivity index (χ2v) is 4.80. The molecule has 2 N–H and O–H groups in total.